The third-order valence-electron chi connectivity index (χ3n) is 3.20. The summed E-state index contributed by atoms with van der Waals surface area (Å²) in [6.07, 6.45) is 3.13. The number of nitrogens with zero attached hydrogens (tertiary/aromatic N) is 1. The summed E-state index contributed by atoms with van der Waals surface area (Å²) in [4.78, 5) is 9.76. The number of hydrogen-bond donors (Lipinski definition) is 1. The van der Waals surface area contributed by atoms with Gasteiger partial charge in [-0.3, -0.25) is 10.1 Å². The summed E-state index contributed by atoms with van der Waals surface area (Å²) in [7, 11) is -3.80. The zero-order chi connectivity index (χ0) is 14.0. The molecule has 0 saturated heterocycles. The van der Waals surface area contributed by atoms with Crippen LogP contribution in [-0.4, -0.2) is 19.9 Å². The van der Waals surface area contributed by atoms with E-state index in [-0.39, 0.29) is 15.6 Å². The minimum absolute atomic E-state index is 0.0216. The monoisotopic (exact) mass is 304 g/mol. The number of halogens is 1. The molecule has 0 aromatic heterocycles. The number of non-ortho nitro benzene ring substituents is 1. The van der Waals surface area contributed by atoms with Gasteiger partial charge in [-0.1, -0.05) is 18.0 Å². The molecule has 8 heteroatoms. The van der Waals surface area contributed by atoms with E-state index in [4.69, 9.17) is 11.6 Å². The molecule has 0 bridgehead atoms. The molecule has 0 heterocycles. The van der Waals surface area contributed by atoms with Crippen molar-refractivity contribution in [2.75, 3.05) is 6.54 Å². The highest BCUT2D eigenvalue weighted by atomic mass is 35.5. The minimum Gasteiger partial charge on any atom is -0.258 e. The van der Waals surface area contributed by atoms with Gasteiger partial charge in [-0.05, 0) is 24.8 Å². The van der Waals surface area contributed by atoms with Gasteiger partial charge < -0.3 is 0 Å². The average molecular weight is 305 g/mol. The van der Waals surface area contributed by atoms with Crippen LogP contribution in [-0.2, 0) is 10.0 Å². The summed E-state index contributed by atoms with van der Waals surface area (Å²) < 4.78 is 26.6. The number of sulfonamides is 1. The smallest absolute Gasteiger partial charge is 0.258 e. The van der Waals surface area contributed by atoms with E-state index >= 15 is 0 Å². The normalized spacial score (nSPS) is 16.1. The molecule has 1 N–H and O–H groups in total. The lowest BCUT2D eigenvalue weighted by Crippen LogP contribution is -2.32. The molecule has 0 aliphatic heterocycles. The first-order chi connectivity index (χ1) is 8.90. The number of hydrogen-bond acceptors (Lipinski definition) is 4. The topological polar surface area (TPSA) is 89.3 Å². The van der Waals surface area contributed by atoms with Gasteiger partial charge in [0, 0.05) is 18.7 Å². The van der Waals surface area contributed by atoms with Gasteiger partial charge in [0.2, 0.25) is 10.0 Å². The highest BCUT2D eigenvalue weighted by Gasteiger charge is 2.24. The van der Waals surface area contributed by atoms with Crippen LogP contribution in [0.2, 0.25) is 5.02 Å². The van der Waals surface area contributed by atoms with Gasteiger partial charge in [0.15, 0.2) is 0 Å². The third-order valence-corrected chi connectivity index (χ3v) is 5.11. The Labute approximate surface area is 116 Å². The Kier molecular flexibility index (Phi) is 4.07. The fraction of sp³-hybridized carbons (Fsp3) is 0.455. The highest BCUT2D eigenvalue weighted by molar-refractivity contribution is 7.89. The van der Waals surface area contributed by atoms with Crippen molar-refractivity contribution in [3.05, 3.63) is 33.3 Å². The van der Waals surface area contributed by atoms with Gasteiger partial charge in [-0.15, -0.1) is 0 Å². The van der Waals surface area contributed by atoms with Crippen LogP contribution in [0.15, 0.2) is 23.1 Å². The zero-order valence-electron chi connectivity index (χ0n) is 10.0. The number of nitro benzene ring substituents is 1. The van der Waals surface area contributed by atoms with Gasteiger partial charge in [-0.2, -0.15) is 0 Å². The van der Waals surface area contributed by atoms with Crippen molar-refractivity contribution in [1.29, 1.82) is 0 Å². The quantitative estimate of drug-likeness (QED) is 0.668. The largest absolute Gasteiger partial charge is 0.270 e. The molecule has 1 aromatic carbocycles. The van der Waals surface area contributed by atoms with Gasteiger partial charge in [-0.25, -0.2) is 13.1 Å². The Balaban J connectivity index is 2.22. The second-order valence-corrected chi connectivity index (χ2v) is 6.66. The lowest BCUT2D eigenvalue weighted by atomic mass is 9.86. The Morgan fingerprint density at radius 1 is 1.42 bits per heavy atom. The van der Waals surface area contributed by atoms with Crippen molar-refractivity contribution in [2.45, 2.75) is 24.2 Å². The summed E-state index contributed by atoms with van der Waals surface area (Å²) in [6.45, 7) is 0.349. The van der Waals surface area contributed by atoms with Crippen LogP contribution in [0.4, 0.5) is 5.69 Å². The standard InChI is InChI=1S/C11H13ClN2O4S/c12-10-5-4-9(14(15)16)6-11(10)19(17,18)13-7-8-2-1-3-8/h4-6,8,13H,1-3,7H2. The van der Waals surface area contributed by atoms with Gasteiger partial charge in [0.1, 0.15) is 4.90 Å². The Morgan fingerprint density at radius 3 is 2.63 bits per heavy atom. The maximum absolute atomic E-state index is 12.1. The van der Waals surface area contributed by atoms with Crippen LogP contribution >= 0.6 is 11.6 Å². The summed E-state index contributed by atoms with van der Waals surface area (Å²) in [5.41, 5.74) is -0.298. The predicted molar refractivity (Wildman–Crippen MR) is 70.6 cm³/mol. The fourth-order valence-electron chi connectivity index (χ4n) is 1.81. The molecule has 0 spiro atoms. The number of rotatable bonds is 5. The van der Waals surface area contributed by atoms with E-state index in [1.165, 1.54) is 12.1 Å². The maximum Gasteiger partial charge on any atom is 0.270 e. The molecular formula is C11H13ClN2O4S. The van der Waals surface area contributed by atoms with Gasteiger partial charge >= 0.3 is 0 Å². The molecule has 1 fully saturated rings. The van der Waals surface area contributed by atoms with Crippen LogP contribution < -0.4 is 4.72 Å². The van der Waals surface area contributed by atoms with Crippen molar-refractivity contribution < 1.29 is 13.3 Å². The Morgan fingerprint density at radius 2 is 2.11 bits per heavy atom. The molecule has 1 aromatic rings. The van der Waals surface area contributed by atoms with Crippen molar-refractivity contribution in [2.24, 2.45) is 5.92 Å². The first-order valence-electron chi connectivity index (χ1n) is 5.84. The molecule has 1 saturated carbocycles. The lowest BCUT2D eigenvalue weighted by molar-refractivity contribution is -0.385. The van der Waals surface area contributed by atoms with Crippen LogP contribution in [0, 0.1) is 16.0 Å². The van der Waals surface area contributed by atoms with E-state index in [0.29, 0.717) is 12.5 Å². The van der Waals surface area contributed by atoms with Gasteiger partial charge in [0.05, 0.1) is 9.95 Å². The molecule has 1 aliphatic carbocycles. The van der Waals surface area contributed by atoms with Crippen molar-refractivity contribution in [3.8, 4) is 0 Å². The van der Waals surface area contributed by atoms with Crippen LogP contribution in [0.25, 0.3) is 0 Å². The molecule has 19 heavy (non-hydrogen) atoms. The second kappa shape index (κ2) is 5.44. The molecular weight excluding hydrogens is 292 g/mol. The fourth-order valence-corrected chi connectivity index (χ4v) is 3.45. The highest BCUT2D eigenvalue weighted by Crippen LogP contribution is 2.28. The molecule has 0 unspecified atom stereocenters. The van der Waals surface area contributed by atoms with E-state index < -0.39 is 14.9 Å². The van der Waals surface area contributed by atoms with Crippen LogP contribution in [0.5, 0.6) is 0 Å². The van der Waals surface area contributed by atoms with Crippen LogP contribution in [0.1, 0.15) is 19.3 Å². The maximum atomic E-state index is 12.1. The molecule has 0 amide bonds. The summed E-state index contributed by atoms with van der Waals surface area (Å²) in [6, 6.07) is 3.37. The van der Waals surface area contributed by atoms with E-state index in [9.17, 15) is 18.5 Å². The zero-order valence-corrected chi connectivity index (χ0v) is 11.6. The van der Waals surface area contributed by atoms with Crippen molar-refractivity contribution in [3.63, 3.8) is 0 Å². The van der Waals surface area contributed by atoms with Crippen molar-refractivity contribution in [1.82, 2.24) is 4.72 Å². The predicted octanol–water partition coefficient (Wildman–Crippen LogP) is 2.33. The van der Waals surface area contributed by atoms with E-state index in [1.807, 2.05) is 0 Å². The Hall–Kier alpha value is -1.18. The molecule has 6 nitrogen and oxygen atoms in total. The number of nitrogens with one attached hydrogen (secondary N) is 1. The number of benzene rings is 1. The first kappa shape index (κ1) is 14.2. The van der Waals surface area contributed by atoms with Gasteiger partial charge in [0.25, 0.3) is 5.69 Å². The number of nitro groups is 1. The summed E-state index contributed by atoms with van der Waals surface area (Å²) in [5, 5.41) is 10.6. The molecule has 1 aliphatic rings. The third kappa shape index (κ3) is 3.23. The van der Waals surface area contributed by atoms with E-state index in [1.54, 1.807) is 0 Å². The first-order valence-corrected chi connectivity index (χ1v) is 7.70. The SMILES string of the molecule is O=[N+]([O-])c1ccc(Cl)c(S(=O)(=O)NCC2CCC2)c1. The average Bonchev–Trinajstić information content (AvgIpc) is 2.26. The molecule has 104 valence electrons. The van der Waals surface area contributed by atoms with Crippen molar-refractivity contribution >= 4 is 27.3 Å². The Bertz CT molecular complexity index is 599. The van der Waals surface area contributed by atoms with Crippen LogP contribution in [0.3, 0.4) is 0 Å². The minimum atomic E-state index is -3.80. The molecule has 0 atom stereocenters. The summed E-state index contributed by atoms with van der Waals surface area (Å²) >= 11 is 5.81. The summed E-state index contributed by atoms with van der Waals surface area (Å²) in [5.74, 6) is 0.354. The molecule has 0 radical (unpaired) electrons. The van der Waals surface area contributed by atoms with E-state index in [0.717, 1.165) is 25.3 Å². The molecule has 2 rings (SSSR count). The second-order valence-electron chi connectivity index (χ2n) is 4.52. The lowest BCUT2D eigenvalue weighted by Gasteiger charge is -2.25. The van der Waals surface area contributed by atoms with E-state index in [2.05, 4.69) is 4.72 Å².